The zero-order valence-electron chi connectivity index (χ0n) is 24.3. The van der Waals surface area contributed by atoms with Gasteiger partial charge in [-0.2, -0.15) is 0 Å². The van der Waals surface area contributed by atoms with Crippen LogP contribution in [0.25, 0.3) is 0 Å². The molecule has 0 unspecified atom stereocenters. The molecule has 2 amide bonds. The molecule has 0 fully saturated rings. The lowest BCUT2D eigenvalue weighted by molar-refractivity contribution is -0.385. The summed E-state index contributed by atoms with van der Waals surface area (Å²) in [6, 6.07) is 24.0. The number of aryl methyl sites for hydroxylation is 1. The van der Waals surface area contributed by atoms with Gasteiger partial charge in [0.05, 0.1) is 11.5 Å². The molecule has 0 N–H and O–H groups in total. The lowest BCUT2D eigenvalue weighted by atomic mass is 10.1. The number of rotatable bonds is 14. The number of hydrogen-bond acceptors (Lipinski definition) is 5. The van der Waals surface area contributed by atoms with Crippen molar-refractivity contribution < 1.29 is 23.6 Å². The van der Waals surface area contributed by atoms with Crippen LogP contribution in [0.15, 0.2) is 91.1 Å². The van der Waals surface area contributed by atoms with Crippen molar-refractivity contribution in [3.8, 4) is 0 Å². The van der Waals surface area contributed by atoms with E-state index in [0.717, 1.165) is 16.8 Å². The number of carbonyl (C=O) groups is 2. The second kappa shape index (κ2) is 14.9. The maximum atomic E-state index is 13.9. The van der Waals surface area contributed by atoms with Gasteiger partial charge in [0, 0.05) is 62.4 Å². The van der Waals surface area contributed by atoms with Gasteiger partial charge >= 0.3 is 0 Å². The number of amides is 2. The first-order valence-corrected chi connectivity index (χ1v) is 14.0. The monoisotopic (exact) mass is 586 g/mol. The second-order valence-electron chi connectivity index (χ2n) is 10.3. The highest BCUT2D eigenvalue weighted by atomic mass is 19.1. The molecule has 1 heterocycles. The average Bonchev–Trinajstić information content (AvgIpc) is 3.44. The summed E-state index contributed by atoms with van der Waals surface area (Å²) < 4.78 is 20.6. The van der Waals surface area contributed by atoms with Crippen molar-refractivity contribution in [3.05, 3.63) is 135 Å². The Balaban J connectivity index is 1.59. The molecule has 1 aromatic heterocycles. The van der Waals surface area contributed by atoms with Gasteiger partial charge in [-0.05, 0) is 54.8 Å². The van der Waals surface area contributed by atoms with Crippen LogP contribution < -0.4 is 0 Å². The van der Waals surface area contributed by atoms with Crippen LogP contribution in [0, 0.1) is 22.9 Å². The van der Waals surface area contributed by atoms with Gasteiger partial charge < -0.3 is 19.1 Å². The first-order valence-electron chi connectivity index (χ1n) is 14.0. The van der Waals surface area contributed by atoms with E-state index in [1.807, 2.05) is 53.2 Å². The molecule has 224 valence electrons. The Morgan fingerprint density at radius 3 is 2.37 bits per heavy atom. The van der Waals surface area contributed by atoms with E-state index in [1.165, 1.54) is 29.2 Å². The highest BCUT2D eigenvalue weighted by Gasteiger charge is 2.25. The van der Waals surface area contributed by atoms with E-state index < -0.39 is 10.8 Å². The molecular formula is C33H35FN4O5. The Morgan fingerprint density at radius 2 is 1.67 bits per heavy atom. The van der Waals surface area contributed by atoms with Gasteiger partial charge in [0.15, 0.2) is 0 Å². The standard InChI is InChI=1S/C33H35FN4O5/c1-25-11-14-28(20-31(25)38(41)42)33(40)36(18-7-19-43-2)24-32(39)37(22-26-8-4-3-5-9-26)23-30-10-6-17-35(30)21-27-12-15-29(34)16-13-27/h3-6,8-17,20H,7,18-19,21-24H2,1-2H3. The van der Waals surface area contributed by atoms with Crippen molar-refractivity contribution in [1.29, 1.82) is 0 Å². The van der Waals surface area contributed by atoms with Crippen LogP contribution in [0.3, 0.4) is 0 Å². The third-order valence-electron chi connectivity index (χ3n) is 7.15. The quantitative estimate of drug-likeness (QED) is 0.109. The molecule has 10 heteroatoms. The molecule has 0 saturated heterocycles. The summed E-state index contributed by atoms with van der Waals surface area (Å²) in [5.41, 5.74) is 3.16. The zero-order chi connectivity index (χ0) is 30.8. The Hall–Kier alpha value is -4.83. The topological polar surface area (TPSA) is 97.9 Å². The fourth-order valence-corrected chi connectivity index (χ4v) is 4.80. The largest absolute Gasteiger partial charge is 0.385 e. The molecule has 0 atom stereocenters. The number of nitro groups is 1. The molecule has 0 aliphatic rings. The van der Waals surface area contributed by atoms with Gasteiger partial charge in [-0.25, -0.2) is 4.39 Å². The molecule has 0 spiro atoms. The molecule has 3 aromatic carbocycles. The van der Waals surface area contributed by atoms with Gasteiger partial charge in [0.2, 0.25) is 5.91 Å². The van der Waals surface area contributed by atoms with Crippen molar-refractivity contribution in [2.24, 2.45) is 0 Å². The molecule has 0 bridgehead atoms. The molecule has 4 rings (SSSR count). The van der Waals surface area contributed by atoms with E-state index in [1.54, 1.807) is 37.1 Å². The Labute approximate surface area is 250 Å². The summed E-state index contributed by atoms with van der Waals surface area (Å²) in [5, 5.41) is 11.5. The fourth-order valence-electron chi connectivity index (χ4n) is 4.80. The first kappa shape index (κ1) is 31.1. The van der Waals surface area contributed by atoms with E-state index in [-0.39, 0.29) is 42.6 Å². The number of ether oxygens (including phenoxy) is 1. The van der Waals surface area contributed by atoms with Crippen LogP contribution >= 0.6 is 0 Å². The number of nitro benzene ring substituents is 1. The minimum atomic E-state index is -0.519. The van der Waals surface area contributed by atoms with E-state index in [0.29, 0.717) is 31.7 Å². The second-order valence-corrected chi connectivity index (χ2v) is 10.3. The van der Waals surface area contributed by atoms with Crippen molar-refractivity contribution in [1.82, 2.24) is 14.4 Å². The third-order valence-corrected chi connectivity index (χ3v) is 7.15. The third kappa shape index (κ3) is 8.59. The summed E-state index contributed by atoms with van der Waals surface area (Å²) in [7, 11) is 1.56. The van der Waals surface area contributed by atoms with Crippen LogP contribution in [0.1, 0.15) is 39.2 Å². The number of hydrogen-bond donors (Lipinski definition) is 0. The maximum absolute atomic E-state index is 13.9. The van der Waals surface area contributed by atoms with E-state index >= 15 is 0 Å². The molecule has 43 heavy (non-hydrogen) atoms. The maximum Gasteiger partial charge on any atom is 0.273 e. The first-order chi connectivity index (χ1) is 20.7. The molecule has 0 aliphatic heterocycles. The van der Waals surface area contributed by atoms with Crippen molar-refractivity contribution >= 4 is 17.5 Å². The predicted octanol–water partition coefficient (Wildman–Crippen LogP) is 5.60. The molecular weight excluding hydrogens is 551 g/mol. The summed E-state index contributed by atoms with van der Waals surface area (Å²) in [6.45, 7) is 3.12. The van der Waals surface area contributed by atoms with E-state index in [2.05, 4.69) is 0 Å². The Morgan fingerprint density at radius 1 is 0.930 bits per heavy atom. The Kier molecular flexibility index (Phi) is 10.8. The van der Waals surface area contributed by atoms with E-state index in [4.69, 9.17) is 4.74 Å². The number of benzene rings is 3. The highest BCUT2D eigenvalue weighted by Crippen LogP contribution is 2.21. The zero-order valence-corrected chi connectivity index (χ0v) is 24.3. The van der Waals surface area contributed by atoms with Crippen LogP contribution in [-0.4, -0.2) is 57.9 Å². The van der Waals surface area contributed by atoms with E-state index in [9.17, 15) is 24.1 Å². The van der Waals surface area contributed by atoms with Crippen molar-refractivity contribution in [3.63, 3.8) is 0 Å². The number of nitrogens with zero attached hydrogens (tertiary/aromatic N) is 4. The summed E-state index contributed by atoms with van der Waals surface area (Å²) in [4.78, 5) is 41.6. The number of aromatic nitrogens is 1. The van der Waals surface area contributed by atoms with Crippen molar-refractivity contribution in [2.75, 3.05) is 26.8 Å². The van der Waals surface area contributed by atoms with Crippen LogP contribution in [0.5, 0.6) is 0 Å². The minimum Gasteiger partial charge on any atom is -0.385 e. The smallest absolute Gasteiger partial charge is 0.273 e. The van der Waals surface area contributed by atoms with Gasteiger partial charge in [0.25, 0.3) is 11.6 Å². The minimum absolute atomic E-state index is 0.144. The fraction of sp³-hybridized carbons (Fsp3) is 0.273. The molecule has 0 saturated carbocycles. The molecule has 4 aromatic rings. The number of carbonyl (C=O) groups excluding carboxylic acids is 2. The molecule has 9 nitrogen and oxygen atoms in total. The van der Waals surface area contributed by atoms with Gasteiger partial charge in [-0.1, -0.05) is 48.5 Å². The lowest BCUT2D eigenvalue weighted by Crippen LogP contribution is -2.43. The predicted molar refractivity (Wildman–Crippen MR) is 161 cm³/mol. The molecule has 0 radical (unpaired) electrons. The number of methoxy groups -OCH3 is 1. The molecule has 0 aliphatic carbocycles. The lowest BCUT2D eigenvalue weighted by Gasteiger charge is -2.28. The van der Waals surface area contributed by atoms with Gasteiger partial charge in [0.1, 0.15) is 12.4 Å². The average molecular weight is 587 g/mol. The summed E-state index contributed by atoms with van der Waals surface area (Å²) in [6.07, 6.45) is 2.40. The SMILES string of the molecule is COCCCN(CC(=O)N(Cc1ccccc1)Cc1cccn1Cc1ccc(F)cc1)C(=O)c1ccc(C)c([N+](=O)[O-])c1. The van der Waals surface area contributed by atoms with Crippen LogP contribution in [0.4, 0.5) is 10.1 Å². The van der Waals surface area contributed by atoms with Gasteiger partial charge in [-0.15, -0.1) is 0 Å². The summed E-state index contributed by atoms with van der Waals surface area (Å²) >= 11 is 0. The summed E-state index contributed by atoms with van der Waals surface area (Å²) in [5.74, 6) is -1.04. The Bertz CT molecular complexity index is 1540. The van der Waals surface area contributed by atoms with Crippen LogP contribution in [-0.2, 0) is 29.2 Å². The van der Waals surface area contributed by atoms with Crippen LogP contribution in [0.2, 0.25) is 0 Å². The van der Waals surface area contributed by atoms with Gasteiger partial charge in [-0.3, -0.25) is 19.7 Å². The highest BCUT2D eigenvalue weighted by molar-refractivity contribution is 5.97. The number of halogens is 1. The van der Waals surface area contributed by atoms with Crippen molar-refractivity contribution in [2.45, 2.75) is 33.0 Å². The normalized spacial score (nSPS) is 10.9.